The molecule has 2 aromatic carbocycles. The highest BCUT2D eigenvalue weighted by Crippen LogP contribution is 2.43. The van der Waals surface area contributed by atoms with Crippen molar-refractivity contribution in [1.82, 2.24) is 15.1 Å². The third kappa shape index (κ3) is 2.76. The Balaban J connectivity index is 1.86. The Morgan fingerprint density at radius 1 is 1.25 bits per heavy atom. The van der Waals surface area contributed by atoms with Crippen LogP contribution in [0.2, 0.25) is 0 Å². The van der Waals surface area contributed by atoms with Gasteiger partial charge in [0.1, 0.15) is 11.4 Å². The van der Waals surface area contributed by atoms with Crippen LogP contribution < -0.4 is 9.47 Å². The van der Waals surface area contributed by atoms with Gasteiger partial charge in [0, 0.05) is 18.2 Å². The highest BCUT2D eigenvalue weighted by Gasteiger charge is 2.40. The lowest BCUT2D eigenvalue weighted by atomic mass is 9.96. The van der Waals surface area contributed by atoms with Crippen LogP contribution in [-0.4, -0.2) is 46.9 Å². The molecule has 0 saturated carbocycles. The number of rotatable bonds is 5. The third-order valence-electron chi connectivity index (χ3n) is 4.94. The molecule has 0 aliphatic carbocycles. The topological polar surface area (TPSA) is 87.7 Å². The predicted molar refractivity (Wildman–Crippen MR) is 104 cm³/mol. The molecule has 0 saturated heterocycles. The van der Waals surface area contributed by atoms with Gasteiger partial charge < -0.3 is 19.5 Å². The molecule has 28 heavy (non-hydrogen) atoms. The van der Waals surface area contributed by atoms with Crippen molar-refractivity contribution >= 4 is 5.91 Å². The quantitative estimate of drug-likeness (QED) is 0.710. The summed E-state index contributed by atoms with van der Waals surface area (Å²) in [7, 11) is 3.36. The smallest absolute Gasteiger partial charge is 0.272 e. The molecule has 1 amide bonds. The summed E-state index contributed by atoms with van der Waals surface area (Å²) in [6.07, 6.45) is 0. The van der Waals surface area contributed by atoms with Crippen LogP contribution in [0.4, 0.5) is 0 Å². The summed E-state index contributed by atoms with van der Waals surface area (Å²) in [6.45, 7) is 2.29. The number of phenolic OH excluding ortho intramolecular Hbond substituents is 1. The average molecular weight is 379 g/mol. The monoisotopic (exact) mass is 379 g/mol. The Bertz CT molecular complexity index is 1040. The zero-order valence-electron chi connectivity index (χ0n) is 15.9. The van der Waals surface area contributed by atoms with Crippen LogP contribution in [0.3, 0.4) is 0 Å². The third-order valence-corrected chi connectivity index (χ3v) is 4.94. The number of hydrogen-bond acceptors (Lipinski definition) is 5. The number of benzene rings is 2. The summed E-state index contributed by atoms with van der Waals surface area (Å²) < 4.78 is 10.8. The Morgan fingerprint density at radius 2 is 2.07 bits per heavy atom. The molecule has 1 aromatic heterocycles. The van der Waals surface area contributed by atoms with Gasteiger partial charge in [0.2, 0.25) is 0 Å². The van der Waals surface area contributed by atoms with Crippen molar-refractivity contribution in [3.05, 3.63) is 59.3 Å². The number of phenols is 1. The van der Waals surface area contributed by atoms with E-state index in [4.69, 9.17) is 9.47 Å². The van der Waals surface area contributed by atoms with Crippen LogP contribution in [0.1, 0.15) is 34.6 Å². The lowest BCUT2D eigenvalue weighted by Gasteiger charge is -2.22. The van der Waals surface area contributed by atoms with E-state index < -0.39 is 0 Å². The number of aromatic nitrogens is 2. The summed E-state index contributed by atoms with van der Waals surface area (Å²) in [4.78, 5) is 14.4. The Kier molecular flexibility index (Phi) is 4.43. The molecule has 0 bridgehead atoms. The van der Waals surface area contributed by atoms with E-state index in [9.17, 15) is 9.90 Å². The number of nitrogens with zero attached hydrogens (tertiary/aromatic N) is 2. The molecule has 0 spiro atoms. The number of carbonyl (C=O) groups is 1. The van der Waals surface area contributed by atoms with Gasteiger partial charge >= 0.3 is 0 Å². The average Bonchev–Trinajstić information content (AvgIpc) is 3.24. The zero-order valence-corrected chi connectivity index (χ0v) is 15.9. The van der Waals surface area contributed by atoms with Crippen molar-refractivity contribution in [1.29, 1.82) is 0 Å². The summed E-state index contributed by atoms with van der Waals surface area (Å²) in [5, 5.41) is 17.3. The van der Waals surface area contributed by atoms with Gasteiger partial charge in [-0.15, -0.1) is 0 Å². The largest absolute Gasteiger partial charge is 0.504 e. The van der Waals surface area contributed by atoms with Crippen molar-refractivity contribution in [3.63, 3.8) is 0 Å². The van der Waals surface area contributed by atoms with Gasteiger partial charge in [0.25, 0.3) is 5.91 Å². The molecule has 1 aliphatic heterocycles. The first-order valence-electron chi connectivity index (χ1n) is 9.00. The highest BCUT2D eigenvalue weighted by molar-refractivity contribution is 6.00. The van der Waals surface area contributed by atoms with Gasteiger partial charge in [-0.2, -0.15) is 5.10 Å². The van der Waals surface area contributed by atoms with Gasteiger partial charge in [-0.3, -0.25) is 9.89 Å². The number of fused-ring (bicyclic) bond motifs is 1. The first-order chi connectivity index (χ1) is 13.5. The van der Waals surface area contributed by atoms with Crippen LogP contribution >= 0.6 is 0 Å². The van der Waals surface area contributed by atoms with E-state index in [0.29, 0.717) is 29.5 Å². The number of hydrogen-bond donors (Lipinski definition) is 2. The Labute approximate surface area is 162 Å². The number of aromatic amines is 1. The minimum absolute atomic E-state index is 0.0676. The van der Waals surface area contributed by atoms with E-state index in [-0.39, 0.29) is 17.7 Å². The number of methoxy groups -OCH3 is 1. The van der Waals surface area contributed by atoms with Gasteiger partial charge in [-0.25, -0.2) is 0 Å². The SMILES string of the molecule is CCOc1cc([C@@H]2c3c(-c4cccc(OC)c4)n[nH]c3C(=O)N2C)ccc1O. The van der Waals surface area contributed by atoms with Crippen LogP contribution in [-0.2, 0) is 0 Å². The van der Waals surface area contributed by atoms with Gasteiger partial charge in [0.15, 0.2) is 11.5 Å². The van der Waals surface area contributed by atoms with Gasteiger partial charge in [0.05, 0.1) is 25.5 Å². The summed E-state index contributed by atoms with van der Waals surface area (Å²) in [5.74, 6) is 1.04. The van der Waals surface area contributed by atoms with Crippen molar-refractivity contribution in [3.8, 4) is 28.5 Å². The standard InChI is InChI=1S/C21H21N3O4/c1-4-28-16-11-13(8-9-15(16)25)20-17-18(12-6-5-7-14(10-12)27-3)22-23-19(17)21(26)24(20)2/h5-11,20,25H,4H2,1-3H3,(H,22,23)/t20-/m1/s1. The summed E-state index contributed by atoms with van der Waals surface area (Å²) in [5.41, 5.74) is 3.66. The molecule has 0 fully saturated rings. The maximum Gasteiger partial charge on any atom is 0.272 e. The summed E-state index contributed by atoms with van der Waals surface area (Å²) >= 11 is 0. The molecule has 2 heterocycles. The van der Waals surface area contributed by atoms with Crippen molar-refractivity contribution < 1.29 is 19.4 Å². The molecule has 7 nitrogen and oxygen atoms in total. The van der Waals surface area contributed by atoms with Gasteiger partial charge in [-0.05, 0) is 36.8 Å². The molecule has 0 unspecified atom stereocenters. The second kappa shape index (κ2) is 6.92. The Hall–Kier alpha value is -3.48. The first-order valence-corrected chi connectivity index (χ1v) is 9.00. The van der Waals surface area contributed by atoms with Crippen LogP contribution in [0, 0.1) is 0 Å². The molecule has 1 atom stereocenters. The van der Waals surface area contributed by atoms with Gasteiger partial charge in [-0.1, -0.05) is 18.2 Å². The minimum atomic E-state index is -0.345. The number of aromatic hydroxyl groups is 1. The highest BCUT2D eigenvalue weighted by atomic mass is 16.5. The second-order valence-corrected chi connectivity index (χ2v) is 6.57. The number of amides is 1. The maximum absolute atomic E-state index is 12.8. The minimum Gasteiger partial charge on any atom is -0.504 e. The molecule has 2 N–H and O–H groups in total. The van der Waals surface area contributed by atoms with E-state index in [2.05, 4.69) is 10.2 Å². The molecule has 144 valence electrons. The second-order valence-electron chi connectivity index (χ2n) is 6.57. The number of carbonyl (C=O) groups excluding carboxylic acids is 1. The fraction of sp³-hybridized carbons (Fsp3) is 0.238. The van der Waals surface area contributed by atoms with Crippen LogP contribution in [0.5, 0.6) is 17.2 Å². The van der Waals surface area contributed by atoms with E-state index >= 15 is 0 Å². The van der Waals surface area contributed by atoms with Crippen molar-refractivity contribution in [2.45, 2.75) is 13.0 Å². The van der Waals surface area contributed by atoms with E-state index in [1.807, 2.05) is 31.2 Å². The molecular weight excluding hydrogens is 358 g/mol. The zero-order chi connectivity index (χ0) is 19.8. The number of ether oxygens (including phenoxy) is 2. The first kappa shape index (κ1) is 17.9. The molecule has 4 rings (SSSR count). The molecule has 3 aromatic rings. The van der Waals surface area contributed by atoms with Crippen LogP contribution in [0.25, 0.3) is 11.3 Å². The Morgan fingerprint density at radius 3 is 2.82 bits per heavy atom. The van der Waals surface area contributed by atoms with E-state index in [1.165, 1.54) is 0 Å². The normalized spacial score (nSPS) is 15.6. The molecule has 7 heteroatoms. The fourth-order valence-electron chi connectivity index (χ4n) is 3.62. The number of H-pyrrole nitrogens is 1. The molecular formula is C21H21N3O4. The van der Waals surface area contributed by atoms with E-state index in [1.54, 1.807) is 37.3 Å². The van der Waals surface area contributed by atoms with Crippen molar-refractivity contribution in [2.24, 2.45) is 0 Å². The predicted octanol–water partition coefficient (Wildman–Crippen LogP) is 3.36. The number of nitrogens with one attached hydrogen (secondary N) is 1. The van der Waals surface area contributed by atoms with E-state index in [0.717, 1.165) is 16.7 Å². The summed E-state index contributed by atoms with van der Waals surface area (Å²) in [6, 6.07) is 12.4. The van der Waals surface area contributed by atoms with Crippen molar-refractivity contribution in [2.75, 3.05) is 20.8 Å². The lowest BCUT2D eigenvalue weighted by molar-refractivity contribution is 0.0787. The maximum atomic E-state index is 12.8. The fourth-order valence-corrected chi connectivity index (χ4v) is 3.62. The molecule has 0 radical (unpaired) electrons. The van der Waals surface area contributed by atoms with Crippen LogP contribution in [0.15, 0.2) is 42.5 Å². The lowest BCUT2D eigenvalue weighted by Crippen LogP contribution is -2.24. The molecule has 1 aliphatic rings.